The first-order valence-corrected chi connectivity index (χ1v) is 6.02. The van der Waals surface area contributed by atoms with Crippen molar-refractivity contribution in [2.45, 2.75) is 53.6 Å². The number of hydrogen-bond donors (Lipinski definition) is 0. The van der Waals surface area contributed by atoms with Crippen molar-refractivity contribution >= 4 is 11.9 Å². The van der Waals surface area contributed by atoms with Crippen LogP contribution in [-0.4, -0.2) is 24.1 Å². The highest BCUT2D eigenvalue weighted by atomic mass is 16.6. The molecule has 0 aromatic carbocycles. The van der Waals surface area contributed by atoms with Crippen molar-refractivity contribution in [3.05, 3.63) is 12.2 Å². The molecule has 0 saturated carbocycles. The number of rotatable bonds is 4. The van der Waals surface area contributed by atoms with Crippen molar-refractivity contribution in [3.8, 4) is 0 Å². The molecule has 18 heavy (non-hydrogen) atoms. The van der Waals surface area contributed by atoms with E-state index in [1.54, 1.807) is 41.5 Å². The third-order valence-corrected chi connectivity index (χ3v) is 1.94. The molecule has 0 aliphatic rings. The zero-order valence-corrected chi connectivity index (χ0v) is 12.3. The lowest BCUT2D eigenvalue weighted by Gasteiger charge is -2.20. The van der Waals surface area contributed by atoms with Crippen molar-refractivity contribution in [2.24, 2.45) is 5.41 Å². The molecule has 4 heteroatoms. The van der Waals surface area contributed by atoms with Crippen LogP contribution in [0.15, 0.2) is 12.2 Å². The molecule has 0 atom stereocenters. The summed E-state index contributed by atoms with van der Waals surface area (Å²) in [6.45, 7) is 14.5. The summed E-state index contributed by atoms with van der Waals surface area (Å²) in [6.07, 6.45) is 0.288. The van der Waals surface area contributed by atoms with Crippen LogP contribution in [0.5, 0.6) is 0 Å². The zero-order valence-electron chi connectivity index (χ0n) is 12.3. The van der Waals surface area contributed by atoms with Crippen LogP contribution in [0.4, 0.5) is 0 Å². The van der Waals surface area contributed by atoms with E-state index in [1.165, 1.54) is 0 Å². The molecule has 0 radical (unpaired) electrons. The molecule has 0 spiro atoms. The molecule has 0 N–H and O–H groups in total. The minimum atomic E-state index is -0.540. The van der Waals surface area contributed by atoms with Crippen molar-refractivity contribution in [1.82, 2.24) is 0 Å². The Labute approximate surface area is 109 Å². The average Bonchev–Trinajstić information content (AvgIpc) is 2.12. The SMILES string of the molecule is C=C(CCOC(=O)C(C)(C)C)C(=O)OC(C)(C)C. The maximum Gasteiger partial charge on any atom is 0.334 e. The Kier molecular flexibility index (Phi) is 5.58. The molecule has 0 aliphatic carbocycles. The Balaban J connectivity index is 4.06. The van der Waals surface area contributed by atoms with Gasteiger partial charge in [0.2, 0.25) is 0 Å². The summed E-state index contributed by atoms with van der Waals surface area (Å²) in [5, 5.41) is 0. The van der Waals surface area contributed by atoms with Gasteiger partial charge in [-0.25, -0.2) is 4.79 Å². The van der Waals surface area contributed by atoms with Gasteiger partial charge in [-0.2, -0.15) is 0 Å². The number of ether oxygens (including phenoxy) is 2. The van der Waals surface area contributed by atoms with Gasteiger partial charge >= 0.3 is 11.9 Å². The molecule has 0 unspecified atom stereocenters. The van der Waals surface area contributed by atoms with Gasteiger partial charge in [0.1, 0.15) is 5.60 Å². The summed E-state index contributed by atoms with van der Waals surface area (Å²) in [4.78, 5) is 23.0. The fraction of sp³-hybridized carbons (Fsp3) is 0.714. The van der Waals surface area contributed by atoms with Gasteiger partial charge in [-0.05, 0) is 41.5 Å². The molecule has 0 saturated heterocycles. The number of esters is 2. The van der Waals surface area contributed by atoms with Crippen LogP contribution >= 0.6 is 0 Å². The largest absolute Gasteiger partial charge is 0.465 e. The minimum absolute atomic E-state index is 0.147. The van der Waals surface area contributed by atoms with E-state index in [4.69, 9.17) is 9.47 Å². The van der Waals surface area contributed by atoms with Crippen LogP contribution in [0.2, 0.25) is 0 Å². The second-order valence-corrected chi connectivity index (χ2v) is 6.24. The lowest BCUT2D eigenvalue weighted by Crippen LogP contribution is -2.26. The molecule has 0 amide bonds. The molecule has 0 aromatic rings. The summed E-state index contributed by atoms with van der Waals surface area (Å²) in [5.74, 6) is -0.742. The van der Waals surface area contributed by atoms with E-state index >= 15 is 0 Å². The first kappa shape index (κ1) is 16.7. The molecular formula is C14H24O4. The molecular weight excluding hydrogens is 232 g/mol. The first-order chi connectivity index (χ1) is 7.93. The predicted molar refractivity (Wildman–Crippen MR) is 70.0 cm³/mol. The molecule has 0 bridgehead atoms. The van der Waals surface area contributed by atoms with Gasteiger partial charge in [-0.3, -0.25) is 4.79 Å². The molecule has 0 aliphatic heterocycles. The van der Waals surface area contributed by atoms with Crippen LogP contribution in [0.25, 0.3) is 0 Å². The molecule has 0 heterocycles. The summed E-state index contributed by atoms with van der Waals surface area (Å²) >= 11 is 0. The first-order valence-electron chi connectivity index (χ1n) is 6.02. The molecule has 0 fully saturated rings. The van der Waals surface area contributed by atoms with Crippen molar-refractivity contribution in [1.29, 1.82) is 0 Å². The van der Waals surface area contributed by atoms with E-state index in [0.29, 0.717) is 5.57 Å². The van der Waals surface area contributed by atoms with Crippen molar-refractivity contribution in [3.63, 3.8) is 0 Å². The normalized spacial score (nSPS) is 11.9. The third-order valence-electron chi connectivity index (χ3n) is 1.94. The predicted octanol–water partition coefficient (Wildman–Crippen LogP) is 2.86. The lowest BCUT2D eigenvalue weighted by molar-refractivity contribution is -0.154. The maximum absolute atomic E-state index is 11.6. The molecule has 104 valence electrons. The smallest absolute Gasteiger partial charge is 0.334 e. The zero-order chi connectivity index (χ0) is 14.6. The van der Waals surface area contributed by atoms with Gasteiger partial charge in [0.05, 0.1) is 12.0 Å². The topological polar surface area (TPSA) is 52.6 Å². The monoisotopic (exact) mass is 256 g/mol. The van der Waals surface area contributed by atoms with E-state index in [0.717, 1.165) is 0 Å². The van der Waals surface area contributed by atoms with Gasteiger partial charge in [-0.1, -0.05) is 6.58 Å². The highest BCUT2D eigenvalue weighted by Gasteiger charge is 2.23. The van der Waals surface area contributed by atoms with E-state index < -0.39 is 17.0 Å². The molecule has 0 aromatic heterocycles. The fourth-order valence-corrected chi connectivity index (χ4v) is 0.936. The lowest BCUT2D eigenvalue weighted by atomic mass is 9.97. The van der Waals surface area contributed by atoms with E-state index in [1.807, 2.05) is 0 Å². The van der Waals surface area contributed by atoms with E-state index in [-0.39, 0.29) is 19.0 Å². The number of carbonyl (C=O) groups excluding carboxylic acids is 2. The highest BCUT2D eigenvalue weighted by molar-refractivity contribution is 5.88. The van der Waals surface area contributed by atoms with Crippen LogP contribution in [0.3, 0.4) is 0 Å². The highest BCUT2D eigenvalue weighted by Crippen LogP contribution is 2.16. The summed E-state index contributed by atoms with van der Waals surface area (Å²) in [6, 6.07) is 0. The molecule has 0 rings (SSSR count). The van der Waals surface area contributed by atoms with Gasteiger partial charge in [-0.15, -0.1) is 0 Å². The average molecular weight is 256 g/mol. The summed E-state index contributed by atoms with van der Waals surface area (Å²) in [7, 11) is 0. The third kappa shape index (κ3) is 7.09. The molecule has 4 nitrogen and oxygen atoms in total. The quantitative estimate of drug-likeness (QED) is 0.573. The van der Waals surface area contributed by atoms with E-state index in [2.05, 4.69) is 6.58 Å². The number of hydrogen-bond acceptors (Lipinski definition) is 4. The summed E-state index contributed by atoms with van der Waals surface area (Å²) < 4.78 is 10.2. The Morgan fingerprint density at radius 3 is 1.94 bits per heavy atom. The van der Waals surface area contributed by atoms with Crippen LogP contribution in [0, 0.1) is 5.41 Å². The minimum Gasteiger partial charge on any atom is -0.465 e. The maximum atomic E-state index is 11.6. The van der Waals surface area contributed by atoms with E-state index in [9.17, 15) is 9.59 Å². The summed E-state index contributed by atoms with van der Waals surface area (Å²) in [5.41, 5.74) is -0.762. The van der Waals surface area contributed by atoms with Gasteiger partial charge in [0.25, 0.3) is 0 Å². The van der Waals surface area contributed by atoms with Crippen LogP contribution in [-0.2, 0) is 19.1 Å². The van der Waals surface area contributed by atoms with Gasteiger partial charge in [0.15, 0.2) is 0 Å². The van der Waals surface area contributed by atoms with Crippen molar-refractivity contribution in [2.75, 3.05) is 6.61 Å². The fourth-order valence-electron chi connectivity index (χ4n) is 0.936. The Morgan fingerprint density at radius 1 is 1.06 bits per heavy atom. The van der Waals surface area contributed by atoms with Crippen molar-refractivity contribution < 1.29 is 19.1 Å². The number of carbonyl (C=O) groups is 2. The standard InChI is InChI=1S/C14H24O4/c1-10(11(15)18-14(5,6)7)8-9-17-12(16)13(2,3)4/h1,8-9H2,2-7H3. The van der Waals surface area contributed by atoms with Gasteiger partial charge < -0.3 is 9.47 Å². The van der Waals surface area contributed by atoms with Crippen LogP contribution in [0.1, 0.15) is 48.0 Å². The second-order valence-electron chi connectivity index (χ2n) is 6.24. The van der Waals surface area contributed by atoms with Gasteiger partial charge in [0, 0.05) is 12.0 Å². The Bertz CT molecular complexity index is 329. The second kappa shape index (κ2) is 6.03. The van der Waals surface area contributed by atoms with Crippen LogP contribution < -0.4 is 0 Å². The Morgan fingerprint density at radius 2 is 1.56 bits per heavy atom. The Hall–Kier alpha value is -1.32.